The van der Waals surface area contributed by atoms with Crippen LogP contribution in [-0.2, 0) is 19.6 Å². The second-order valence-electron chi connectivity index (χ2n) is 10.0. The van der Waals surface area contributed by atoms with Crippen molar-refractivity contribution in [2.45, 2.75) is 25.7 Å². The van der Waals surface area contributed by atoms with Crippen molar-refractivity contribution < 1.29 is 14.6 Å². The summed E-state index contributed by atoms with van der Waals surface area (Å²) in [6, 6.07) is 33.8. The number of nitrogens with one attached hydrogen (secondary N) is 4. The van der Waals surface area contributed by atoms with Crippen LogP contribution in [0.15, 0.2) is 114 Å². The van der Waals surface area contributed by atoms with E-state index in [9.17, 15) is 14.7 Å². The maximum atomic E-state index is 12.3. The number of carbonyl (C=O) groups excluding carboxylic acids is 1. The molecule has 1 aromatic heterocycles. The van der Waals surface area contributed by atoms with Gasteiger partial charge in [0, 0.05) is 30.2 Å². The van der Waals surface area contributed by atoms with E-state index < -0.39 is 6.10 Å². The number of hydrogen-bond acceptors (Lipinski definition) is 5. The van der Waals surface area contributed by atoms with E-state index in [4.69, 9.17) is 4.74 Å². The third kappa shape index (κ3) is 7.84. The Morgan fingerprint density at radius 3 is 2.36 bits per heavy atom. The number of aliphatic hydroxyl groups is 1. The highest BCUT2D eigenvalue weighted by Crippen LogP contribution is 2.30. The Morgan fingerprint density at radius 1 is 0.833 bits per heavy atom. The molecule has 42 heavy (non-hydrogen) atoms. The predicted octanol–water partition coefficient (Wildman–Crippen LogP) is 5.29. The minimum atomic E-state index is -0.789. The number of aromatic nitrogens is 1. The highest BCUT2D eigenvalue weighted by molar-refractivity contribution is 5.89. The van der Waals surface area contributed by atoms with E-state index in [-0.39, 0.29) is 11.6 Å². The number of carbonyl (C=O) groups is 1. The molecule has 214 valence electrons. The third-order valence-electron chi connectivity index (χ3n) is 6.90. The first-order valence-electron chi connectivity index (χ1n) is 13.9. The second kappa shape index (κ2) is 14.1. The van der Waals surface area contributed by atoms with Crippen molar-refractivity contribution in [3.8, 4) is 5.75 Å². The molecule has 0 spiro atoms. The minimum absolute atomic E-state index is 0.234. The minimum Gasteiger partial charge on any atom is -0.487 e. The summed E-state index contributed by atoms with van der Waals surface area (Å²) in [7, 11) is 0. The lowest BCUT2D eigenvalue weighted by atomic mass is 10.0. The van der Waals surface area contributed by atoms with E-state index in [1.54, 1.807) is 12.1 Å². The summed E-state index contributed by atoms with van der Waals surface area (Å²) < 4.78 is 6.01. The molecular weight excluding hydrogens is 528 g/mol. The van der Waals surface area contributed by atoms with Crippen molar-refractivity contribution in [3.63, 3.8) is 0 Å². The molecule has 5 rings (SSSR count). The van der Waals surface area contributed by atoms with Gasteiger partial charge in [-0.2, -0.15) is 0 Å². The number of anilines is 1. The molecule has 1 heterocycles. The Morgan fingerprint density at radius 2 is 1.57 bits per heavy atom. The van der Waals surface area contributed by atoms with Gasteiger partial charge in [-0.15, -0.1) is 0 Å². The largest absolute Gasteiger partial charge is 0.487 e. The molecule has 2 amide bonds. The van der Waals surface area contributed by atoms with E-state index in [1.807, 2.05) is 91.0 Å². The van der Waals surface area contributed by atoms with Crippen LogP contribution in [0.1, 0.15) is 28.4 Å². The van der Waals surface area contributed by atoms with Gasteiger partial charge in [0.25, 0.3) is 0 Å². The molecule has 4 aromatic carbocycles. The molecule has 0 saturated heterocycles. The number of hydrogen-bond donors (Lipinski definition) is 5. The van der Waals surface area contributed by atoms with Crippen LogP contribution in [-0.4, -0.2) is 29.2 Å². The standard InChI is InChI=1S/C34H34N4O4/c39-30(28-14-16-31(33-29(28)15-17-32(40)38-33)42-23-26-10-5-2-6-11-26)22-35-19-18-24-12-7-13-27(20-24)37-34(41)36-21-25-8-3-1-4-9-25/h1-17,20,30,35,39H,18-19,21-23H2,(H,38,40)(H2,36,37,41)/t30-/m1/s1. The number of aliphatic hydroxyl groups excluding tert-OH is 1. The number of fused-ring (bicyclic) bond motifs is 1. The van der Waals surface area contributed by atoms with Gasteiger partial charge in [0.2, 0.25) is 5.56 Å². The molecule has 1 atom stereocenters. The van der Waals surface area contributed by atoms with E-state index >= 15 is 0 Å². The monoisotopic (exact) mass is 562 g/mol. The average molecular weight is 563 g/mol. The summed E-state index contributed by atoms with van der Waals surface area (Å²) in [6.45, 7) is 1.78. The summed E-state index contributed by atoms with van der Waals surface area (Å²) in [5, 5.41) is 20.8. The van der Waals surface area contributed by atoms with Crippen molar-refractivity contribution in [3.05, 3.63) is 142 Å². The maximum absolute atomic E-state index is 12.3. The van der Waals surface area contributed by atoms with Gasteiger partial charge < -0.3 is 30.8 Å². The maximum Gasteiger partial charge on any atom is 0.319 e. The van der Waals surface area contributed by atoms with Crippen LogP contribution in [0.2, 0.25) is 0 Å². The molecule has 0 aliphatic rings. The van der Waals surface area contributed by atoms with E-state index in [0.717, 1.165) is 22.1 Å². The van der Waals surface area contributed by atoms with Gasteiger partial charge in [0.1, 0.15) is 12.4 Å². The van der Waals surface area contributed by atoms with E-state index in [1.165, 1.54) is 6.07 Å². The van der Waals surface area contributed by atoms with E-state index in [2.05, 4.69) is 20.9 Å². The van der Waals surface area contributed by atoms with Crippen LogP contribution in [0.4, 0.5) is 10.5 Å². The summed E-state index contributed by atoms with van der Waals surface area (Å²) in [5.74, 6) is 0.553. The third-order valence-corrected chi connectivity index (χ3v) is 6.90. The number of rotatable bonds is 12. The molecule has 8 heteroatoms. The number of urea groups is 1. The van der Waals surface area contributed by atoms with Crippen molar-refractivity contribution in [1.29, 1.82) is 0 Å². The number of H-pyrrole nitrogens is 1. The van der Waals surface area contributed by atoms with Crippen LogP contribution in [0.3, 0.4) is 0 Å². The topological polar surface area (TPSA) is 115 Å². The van der Waals surface area contributed by atoms with Crippen molar-refractivity contribution >= 4 is 22.6 Å². The molecule has 0 fully saturated rings. The van der Waals surface area contributed by atoms with Crippen molar-refractivity contribution in [2.24, 2.45) is 0 Å². The first-order chi connectivity index (χ1) is 20.5. The number of aromatic amines is 1. The highest BCUT2D eigenvalue weighted by atomic mass is 16.5. The van der Waals surface area contributed by atoms with Crippen LogP contribution in [0, 0.1) is 0 Å². The Hall–Kier alpha value is -4.92. The van der Waals surface area contributed by atoms with Crippen LogP contribution >= 0.6 is 0 Å². The Kier molecular flexibility index (Phi) is 9.61. The van der Waals surface area contributed by atoms with Crippen LogP contribution in [0.25, 0.3) is 10.9 Å². The molecule has 0 saturated carbocycles. The predicted molar refractivity (Wildman–Crippen MR) is 166 cm³/mol. The Labute approximate surface area is 244 Å². The summed E-state index contributed by atoms with van der Waals surface area (Å²) >= 11 is 0. The van der Waals surface area contributed by atoms with Gasteiger partial charge in [0.05, 0.1) is 11.6 Å². The Balaban J connectivity index is 1.14. The molecule has 0 bridgehead atoms. The van der Waals surface area contributed by atoms with Gasteiger partial charge in [-0.3, -0.25) is 4.79 Å². The quantitative estimate of drug-likeness (QED) is 0.133. The number of amides is 2. The van der Waals surface area contributed by atoms with Gasteiger partial charge >= 0.3 is 6.03 Å². The normalized spacial score (nSPS) is 11.6. The molecule has 0 aliphatic heterocycles. The molecule has 5 N–H and O–H groups in total. The summed E-state index contributed by atoms with van der Waals surface area (Å²) in [5.41, 5.74) is 4.85. The zero-order valence-corrected chi connectivity index (χ0v) is 23.2. The molecule has 8 nitrogen and oxygen atoms in total. The van der Waals surface area contributed by atoms with E-state index in [0.29, 0.717) is 55.2 Å². The van der Waals surface area contributed by atoms with Crippen LogP contribution in [0.5, 0.6) is 5.75 Å². The zero-order valence-electron chi connectivity index (χ0n) is 23.2. The summed E-state index contributed by atoms with van der Waals surface area (Å²) in [4.78, 5) is 27.3. The molecule has 0 radical (unpaired) electrons. The van der Waals surface area contributed by atoms with Gasteiger partial charge in [-0.25, -0.2) is 4.79 Å². The molecule has 0 aliphatic carbocycles. The summed E-state index contributed by atoms with van der Waals surface area (Å²) in [6.07, 6.45) is -0.0725. The average Bonchev–Trinajstić information content (AvgIpc) is 3.02. The highest BCUT2D eigenvalue weighted by Gasteiger charge is 2.15. The Bertz CT molecular complexity index is 1670. The smallest absolute Gasteiger partial charge is 0.319 e. The lowest BCUT2D eigenvalue weighted by molar-refractivity contribution is 0.176. The fraction of sp³-hybridized carbons (Fsp3) is 0.176. The number of benzene rings is 4. The molecular formula is C34H34N4O4. The number of pyridine rings is 1. The fourth-order valence-electron chi connectivity index (χ4n) is 4.73. The van der Waals surface area contributed by atoms with Gasteiger partial charge in [-0.1, -0.05) is 78.9 Å². The van der Waals surface area contributed by atoms with Gasteiger partial charge in [-0.05, 0) is 59.5 Å². The number of ether oxygens (including phenoxy) is 1. The first-order valence-corrected chi connectivity index (χ1v) is 13.9. The van der Waals surface area contributed by atoms with Crippen molar-refractivity contribution in [2.75, 3.05) is 18.4 Å². The fourth-order valence-corrected chi connectivity index (χ4v) is 4.73. The second-order valence-corrected chi connectivity index (χ2v) is 10.0. The lowest BCUT2D eigenvalue weighted by Crippen LogP contribution is -2.28. The van der Waals surface area contributed by atoms with Crippen LogP contribution < -0.4 is 26.2 Å². The van der Waals surface area contributed by atoms with Gasteiger partial charge in [0.15, 0.2) is 0 Å². The van der Waals surface area contributed by atoms with Crippen molar-refractivity contribution in [1.82, 2.24) is 15.6 Å². The lowest BCUT2D eigenvalue weighted by Gasteiger charge is -2.17. The molecule has 5 aromatic rings. The SMILES string of the molecule is O=C(NCc1ccccc1)Nc1cccc(CCNC[C@@H](O)c2ccc(OCc3ccccc3)c3[nH]c(=O)ccc23)c1. The molecule has 0 unspecified atom stereocenters. The zero-order chi connectivity index (χ0) is 29.1. The first kappa shape index (κ1) is 28.6.